The van der Waals surface area contributed by atoms with Gasteiger partial charge in [0.1, 0.15) is 0 Å². The van der Waals surface area contributed by atoms with Gasteiger partial charge < -0.3 is 15.1 Å². The zero-order chi connectivity index (χ0) is 17.2. The Morgan fingerprint density at radius 3 is 2.56 bits per heavy atom. The van der Waals surface area contributed by atoms with Crippen LogP contribution in [0.25, 0.3) is 22.2 Å². The zero-order valence-corrected chi connectivity index (χ0v) is 14.0. The van der Waals surface area contributed by atoms with Gasteiger partial charge in [0.15, 0.2) is 0 Å². The van der Waals surface area contributed by atoms with E-state index in [2.05, 4.69) is 29.2 Å². The number of para-hydroxylation sites is 1. The third-order valence-corrected chi connectivity index (χ3v) is 5.06. The molecule has 0 amide bonds. The van der Waals surface area contributed by atoms with Crippen LogP contribution in [0.5, 0.6) is 0 Å². The first-order chi connectivity index (χ1) is 12.3. The van der Waals surface area contributed by atoms with Crippen molar-refractivity contribution >= 4 is 16.6 Å². The van der Waals surface area contributed by atoms with Crippen LogP contribution in [0.2, 0.25) is 0 Å². The molecule has 4 rings (SSSR count). The molecule has 0 saturated carbocycles. The minimum absolute atomic E-state index is 0.0297. The van der Waals surface area contributed by atoms with E-state index < -0.39 is 6.10 Å². The molecule has 128 valence electrons. The van der Waals surface area contributed by atoms with E-state index in [0.29, 0.717) is 6.54 Å². The van der Waals surface area contributed by atoms with E-state index in [1.54, 1.807) is 0 Å². The van der Waals surface area contributed by atoms with Gasteiger partial charge in [0.2, 0.25) is 0 Å². The predicted molar refractivity (Wildman–Crippen MR) is 101 cm³/mol. The summed E-state index contributed by atoms with van der Waals surface area (Å²) in [6.45, 7) is 1.40. The van der Waals surface area contributed by atoms with E-state index >= 15 is 0 Å². The highest BCUT2D eigenvalue weighted by atomic mass is 16.3. The number of aliphatic hydroxyl groups is 2. The minimum atomic E-state index is -0.508. The summed E-state index contributed by atoms with van der Waals surface area (Å²) in [6.07, 6.45) is 0.278. The molecule has 1 saturated heterocycles. The Balaban J connectivity index is 1.80. The zero-order valence-electron chi connectivity index (χ0n) is 14.0. The van der Waals surface area contributed by atoms with Gasteiger partial charge >= 0.3 is 0 Å². The third kappa shape index (κ3) is 3.11. The normalized spacial score (nSPS) is 20.8. The van der Waals surface area contributed by atoms with Crippen molar-refractivity contribution in [1.29, 1.82) is 0 Å². The smallest absolute Gasteiger partial charge is 0.0765 e. The maximum absolute atomic E-state index is 10.3. The Labute approximate surface area is 147 Å². The molecular formula is C21H22N2O2. The number of anilines is 1. The summed E-state index contributed by atoms with van der Waals surface area (Å²) < 4.78 is 0. The van der Waals surface area contributed by atoms with Crippen LogP contribution in [0.15, 0.2) is 60.7 Å². The van der Waals surface area contributed by atoms with Crippen LogP contribution in [0, 0.1) is 5.92 Å². The molecule has 0 radical (unpaired) electrons. The molecule has 1 aliphatic rings. The number of aliphatic hydroxyl groups excluding tert-OH is 2. The van der Waals surface area contributed by atoms with Crippen molar-refractivity contribution in [2.45, 2.75) is 12.5 Å². The van der Waals surface area contributed by atoms with Crippen molar-refractivity contribution in [2.24, 2.45) is 5.92 Å². The quantitative estimate of drug-likeness (QED) is 0.773. The number of nitrogens with zero attached hydrogens (tertiary/aromatic N) is 2. The van der Waals surface area contributed by atoms with Crippen molar-refractivity contribution in [3.63, 3.8) is 0 Å². The summed E-state index contributed by atoms with van der Waals surface area (Å²) in [5, 5.41) is 20.8. The fourth-order valence-corrected chi connectivity index (χ4v) is 3.59. The van der Waals surface area contributed by atoms with E-state index in [9.17, 15) is 10.2 Å². The Bertz CT molecular complexity index is 866. The topological polar surface area (TPSA) is 56.6 Å². The van der Waals surface area contributed by atoms with Crippen LogP contribution in [-0.4, -0.2) is 41.0 Å². The van der Waals surface area contributed by atoms with Crippen LogP contribution in [-0.2, 0) is 0 Å². The first-order valence-electron chi connectivity index (χ1n) is 8.75. The van der Waals surface area contributed by atoms with Crippen molar-refractivity contribution < 1.29 is 10.2 Å². The highest BCUT2D eigenvalue weighted by molar-refractivity contribution is 5.94. The Morgan fingerprint density at radius 1 is 1.04 bits per heavy atom. The summed E-state index contributed by atoms with van der Waals surface area (Å²) >= 11 is 0. The van der Waals surface area contributed by atoms with Crippen LogP contribution in [0.3, 0.4) is 0 Å². The van der Waals surface area contributed by atoms with Crippen LogP contribution >= 0.6 is 0 Å². The van der Waals surface area contributed by atoms with Crippen molar-refractivity contribution in [3.05, 3.63) is 60.7 Å². The molecular weight excluding hydrogens is 312 g/mol. The summed E-state index contributed by atoms with van der Waals surface area (Å²) in [5.41, 5.74) is 4.07. The number of benzene rings is 2. The lowest BCUT2D eigenvalue weighted by Gasteiger charge is -2.37. The number of rotatable bonds is 3. The van der Waals surface area contributed by atoms with Gasteiger partial charge in [-0.3, -0.25) is 0 Å². The van der Waals surface area contributed by atoms with Gasteiger partial charge in [0.25, 0.3) is 0 Å². The molecule has 4 heteroatoms. The first-order valence-corrected chi connectivity index (χ1v) is 8.75. The second kappa shape index (κ2) is 6.82. The predicted octanol–water partition coefficient (Wildman–Crippen LogP) is 3.08. The lowest BCUT2D eigenvalue weighted by Crippen LogP contribution is -2.45. The monoisotopic (exact) mass is 334 g/mol. The molecule has 2 atom stereocenters. The molecule has 2 heterocycles. The molecule has 0 unspecified atom stereocenters. The van der Waals surface area contributed by atoms with Crippen LogP contribution in [0.1, 0.15) is 6.42 Å². The minimum Gasteiger partial charge on any atom is -0.396 e. The fraction of sp³-hybridized carbons (Fsp3) is 0.286. The highest BCUT2D eigenvalue weighted by Crippen LogP contribution is 2.33. The highest BCUT2D eigenvalue weighted by Gasteiger charge is 2.28. The van der Waals surface area contributed by atoms with Gasteiger partial charge in [-0.05, 0) is 18.6 Å². The molecule has 1 aliphatic heterocycles. The summed E-state index contributed by atoms with van der Waals surface area (Å²) in [4.78, 5) is 7.04. The Hall–Kier alpha value is -2.43. The number of pyridine rings is 1. The van der Waals surface area contributed by atoms with Gasteiger partial charge in [-0.15, -0.1) is 0 Å². The molecule has 0 aliphatic carbocycles. The number of hydrogen-bond donors (Lipinski definition) is 2. The van der Waals surface area contributed by atoms with Crippen molar-refractivity contribution in [2.75, 3.05) is 24.6 Å². The maximum atomic E-state index is 10.3. The molecule has 1 aromatic heterocycles. The lowest BCUT2D eigenvalue weighted by atomic mass is 9.94. The Morgan fingerprint density at radius 2 is 1.80 bits per heavy atom. The average Bonchev–Trinajstić information content (AvgIpc) is 2.67. The molecule has 0 bridgehead atoms. The largest absolute Gasteiger partial charge is 0.396 e. The fourth-order valence-electron chi connectivity index (χ4n) is 3.59. The number of aromatic nitrogens is 1. The molecule has 25 heavy (non-hydrogen) atoms. The first kappa shape index (κ1) is 16.1. The van der Waals surface area contributed by atoms with Gasteiger partial charge in [0.05, 0.1) is 17.3 Å². The van der Waals surface area contributed by atoms with E-state index in [1.165, 1.54) is 0 Å². The van der Waals surface area contributed by atoms with Gasteiger partial charge in [-0.25, -0.2) is 4.98 Å². The molecule has 1 fully saturated rings. The van der Waals surface area contributed by atoms with E-state index in [4.69, 9.17) is 4.98 Å². The lowest BCUT2D eigenvalue weighted by molar-refractivity contribution is 0.0549. The third-order valence-electron chi connectivity index (χ3n) is 5.06. The van der Waals surface area contributed by atoms with Gasteiger partial charge in [0, 0.05) is 42.3 Å². The Kier molecular flexibility index (Phi) is 4.38. The van der Waals surface area contributed by atoms with Crippen molar-refractivity contribution in [3.8, 4) is 11.3 Å². The van der Waals surface area contributed by atoms with Crippen LogP contribution in [0.4, 0.5) is 5.69 Å². The summed E-state index contributed by atoms with van der Waals surface area (Å²) in [7, 11) is 0. The maximum Gasteiger partial charge on any atom is 0.0765 e. The molecule has 2 aromatic carbocycles. The van der Waals surface area contributed by atoms with Crippen LogP contribution < -0.4 is 4.90 Å². The van der Waals surface area contributed by atoms with E-state index in [0.717, 1.165) is 40.8 Å². The van der Waals surface area contributed by atoms with Crippen molar-refractivity contribution in [1.82, 2.24) is 4.98 Å². The van der Waals surface area contributed by atoms with Gasteiger partial charge in [-0.2, -0.15) is 0 Å². The van der Waals surface area contributed by atoms with Gasteiger partial charge in [-0.1, -0.05) is 48.5 Å². The molecule has 4 nitrogen and oxygen atoms in total. The average molecular weight is 334 g/mol. The summed E-state index contributed by atoms with van der Waals surface area (Å²) in [6, 6.07) is 20.4. The molecule has 0 spiro atoms. The SMILES string of the molecule is OC[C@H]1CCN(c2cc(-c3ccccc3)nc3ccccc23)C[C@H]1O. The second-order valence-electron chi connectivity index (χ2n) is 6.65. The second-order valence-corrected chi connectivity index (χ2v) is 6.65. The number of hydrogen-bond acceptors (Lipinski definition) is 4. The standard InChI is InChI=1S/C21H22N2O2/c24-14-16-10-11-23(13-21(16)25)20-12-19(15-6-2-1-3-7-15)22-18-9-5-4-8-17(18)20/h1-9,12,16,21,24-25H,10-11,13-14H2/t16-,21-/m1/s1. The number of β-amino-alcohol motifs (C(OH)–C–C–N with tert-alkyl or cyclic N) is 1. The molecule has 2 N–H and O–H groups in total. The van der Waals surface area contributed by atoms with E-state index in [-0.39, 0.29) is 12.5 Å². The number of fused-ring (bicyclic) bond motifs is 1. The molecule has 3 aromatic rings. The number of piperidine rings is 1. The van der Waals surface area contributed by atoms with E-state index in [1.807, 2.05) is 36.4 Å². The summed E-state index contributed by atoms with van der Waals surface area (Å²) in [5.74, 6) is -0.0297.